The Morgan fingerprint density at radius 1 is 1.28 bits per heavy atom. The van der Waals surface area contributed by atoms with Crippen molar-refractivity contribution in [2.24, 2.45) is 11.1 Å². The van der Waals surface area contributed by atoms with E-state index in [0.717, 1.165) is 43.4 Å². The molecule has 1 aromatic carbocycles. The predicted octanol–water partition coefficient (Wildman–Crippen LogP) is 3.46. The van der Waals surface area contributed by atoms with Gasteiger partial charge in [-0.05, 0) is 62.6 Å². The molecule has 0 aromatic heterocycles. The first-order valence-electron chi connectivity index (χ1n) is 9.00. The third-order valence-electron chi connectivity index (χ3n) is 5.10. The van der Waals surface area contributed by atoms with E-state index in [1.165, 1.54) is 5.56 Å². The van der Waals surface area contributed by atoms with Crippen molar-refractivity contribution in [3.05, 3.63) is 35.4 Å². The van der Waals surface area contributed by atoms with Gasteiger partial charge in [-0.25, -0.2) is 4.79 Å². The summed E-state index contributed by atoms with van der Waals surface area (Å²) in [5, 5.41) is 4.12. The molecule has 3 aliphatic rings. The van der Waals surface area contributed by atoms with Gasteiger partial charge in [0.05, 0.1) is 5.92 Å². The van der Waals surface area contributed by atoms with E-state index in [0.29, 0.717) is 6.54 Å². The lowest BCUT2D eigenvalue weighted by Crippen LogP contribution is -2.39. The van der Waals surface area contributed by atoms with Gasteiger partial charge in [-0.1, -0.05) is 23.2 Å². The monoisotopic (exact) mass is 338 g/mol. The van der Waals surface area contributed by atoms with E-state index < -0.39 is 0 Å². The number of nitrogens with zero attached hydrogens (tertiary/aromatic N) is 2. The van der Waals surface area contributed by atoms with Crippen LogP contribution in [0.15, 0.2) is 29.4 Å². The molecular weight excluding hydrogens is 316 g/mol. The molecule has 0 bridgehead atoms. The highest BCUT2D eigenvalue weighted by atomic mass is 16.7. The van der Waals surface area contributed by atoms with E-state index in [-0.39, 0.29) is 24.3 Å². The van der Waals surface area contributed by atoms with Gasteiger partial charge < -0.3 is 9.57 Å². The van der Waals surface area contributed by atoms with Crippen LogP contribution in [0.1, 0.15) is 43.2 Å². The van der Waals surface area contributed by atoms with Crippen molar-refractivity contribution in [2.75, 3.05) is 6.54 Å². The summed E-state index contributed by atoms with van der Waals surface area (Å²) in [5.41, 5.74) is 2.86. The molecule has 0 N–H and O–H groups in total. The highest BCUT2D eigenvalue weighted by Crippen LogP contribution is 2.33. The van der Waals surface area contributed by atoms with Crippen LogP contribution in [-0.2, 0) is 9.57 Å². The molecule has 1 aliphatic carbocycles. The summed E-state index contributed by atoms with van der Waals surface area (Å²) >= 11 is 0. The zero-order chi connectivity index (χ0) is 17.2. The van der Waals surface area contributed by atoms with Crippen LogP contribution in [0.5, 0.6) is 0 Å². The van der Waals surface area contributed by atoms with E-state index in [9.17, 15) is 4.79 Å². The number of carbonyl (C=O) groups excluding carboxylic acids is 1. The van der Waals surface area contributed by atoms with Gasteiger partial charge in [0, 0.05) is 12.1 Å². The third kappa shape index (κ3) is 3.34. The molecule has 5 nitrogen and oxygen atoms in total. The van der Waals surface area contributed by atoms with Gasteiger partial charge in [-0.15, -0.1) is 0 Å². The molecule has 0 radical (unpaired) electrons. The van der Waals surface area contributed by atoms with Crippen molar-refractivity contribution >= 4 is 11.8 Å². The lowest BCUT2D eigenvalue weighted by atomic mass is 10.0. The first kappa shape index (κ1) is 16.0. The fraction of sp³-hybridized carbons (Fsp3) is 0.500. The Morgan fingerprint density at radius 3 is 2.92 bits per heavy atom. The van der Waals surface area contributed by atoms with Gasteiger partial charge in [0.15, 0.2) is 0 Å². The molecular formula is C20H22N2O3. The highest BCUT2D eigenvalue weighted by molar-refractivity contribution is 6.03. The highest BCUT2D eigenvalue weighted by Gasteiger charge is 2.46. The SMILES string of the molecule is Cc1cccc(C#CC2=NOC3C2CCN3C(=O)OC2CCCC2)c1. The van der Waals surface area contributed by atoms with Crippen LogP contribution in [0, 0.1) is 24.7 Å². The Hall–Kier alpha value is -2.48. The first-order valence-corrected chi connectivity index (χ1v) is 9.00. The van der Waals surface area contributed by atoms with E-state index in [4.69, 9.17) is 9.57 Å². The largest absolute Gasteiger partial charge is 0.446 e. The minimum Gasteiger partial charge on any atom is -0.446 e. The van der Waals surface area contributed by atoms with Crippen LogP contribution in [0.3, 0.4) is 0 Å². The van der Waals surface area contributed by atoms with Crippen LogP contribution < -0.4 is 0 Å². The Labute approximate surface area is 148 Å². The van der Waals surface area contributed by atoms with Crippen molar-refractivity contribution in [3.63, 3.8) is 0 Å². The maximum absolute atomic E-state index is 12.4. The van der Waals surface area contributed by atoms with Crippen molar-refractivity contribution in [2.45, 2.75) is 51.4 Å². The maximum atomic E-state index is 12.4. The van der Waals surface area contributed by atoms with Crippen molar-refractivity contribution in [1.29, 1.82) is 0 Å². The second-order valence-electron chi connectivity index (χ2n) is 6.97. The normalized spacial score (nSPS) is 25.0. The van der Waals surface area contributed by atoms with Crippen LogP contribution in [0.25, 0.3) is 0 Å². The fourth-order valence-electron chi connectivity index (χ4n) is 3.73. The first-order chi connectivity index (χ1) is 12.2. The van der Waals surface area contributed by atoms with Crippen LogP contribution in [0.4, 0.5) is 4.79 Å². The van der Waals surface area contributed by atoms with Crippen molar-refractivity contribution in [3.8, 4) is 11.8 Å². The van der Waals surface area contributed by atoms with Gasteiger partial charge in [0.2, 0.25) is 6.23 Å². The minimum atomic E-state index is -0.365. The molecule has 1 saturated heterocycles. The topological polar surface area (TPSA) is 51.1 Å². The summed E-state index contributed by atoms with van der Waals surface area (Å²) in [5.74, 6) is 6.32. The average molecular weight is 338 g/mol. The Bertz CT molecular complexity index is 756. The smallest absolute Gasteiger partial charge is 0.413 e. The minimum absolute atomic E-state index is 0.0495. The number of hydrogen-bond acceptors (Lipinski definition) is 4. The number of fused-ring (bicyclic) bond motifs is 1. The number of oxime groups is 1. The molecule has 0 spiro atoms. The number of likely N-dealkylation sites (tertiary alicyclic amines) is 1. The standard InChI is InChI=1S/C20H22N2O3/c1-14-5-4-6-15(13-14)9-10-18-17-11-12-22(19(17)25-21-18)20(23)24-16-7-2-3-8-16/h4-6,13,16-17,19H,2-3,7-8,11-12H2,1H3. The molecule has 2 aliphatic heterocycles. The summed E-state index contributed by atoms with van der Waals surface area (Å²) < 4.78 is 5.60. The van der Waals surface area contributed by atoms with E-state index in [2.05, 4.69) is 17.0 Å². The molecule has 5 heteroatoms. The number of carbonyl (C=O) groups is 1. The number of aryl methyl sites for hydroxylation is 1. The quantitative estimate of drug-likeness (QED) is 0.737. The van der Waals surface area contributed by atoms with Crippen LogP contribution in [0.2, 0.25) is 0 Å². The zero-order valence-corrected chi connectivity index (χ0v) is 14.4. The maximum Gasteiger partial charge on any atom is 0.413 e. The summed E-state index contributed by atoms with van der Waals surface area (Å²) in [4.78, 5) is 19.6. The second kappa shape index (κ2) is 6.79. The second-order valence-corrected chi connectivity index (χ2v) is 6.97. The van der Waals surface area contributed by atoms with Gasteiger partial charge in [0.25, 0.3) is 0 Å². The number of ether oxygens (including phenoxy) is 1. The van der Waals surface area contributed by atoms with E-state index >= 15 is 0 Å². The molecule has 1 aromatic rings. The van der Waals surface area contributed by atoms with Gasteiger partial charge in [-0.3, -0.25) is 4.90 Å². The third-order valence-corrected chi connectivity index (χ3v) is 5.10. The van der Waals surface area contributed by atoms with Gasteiger partial charge in [0.1, 0.15) is 11.8 Å². The average Bonchev–Trinajstić information content (AvgIpc) is 3.31. The number of hydrogen-bond donors (Lipinski definition) is 0. The number of rotatable bonds is 1. The number of benzene rings is 1. The summed E-state index contributed by atoms with van der Waals surface area (Å²) in [6.07, 6.45) is 4.46. The molecule has 2 atom stereocenters. The van der Waals surface area contributed by atoms with Crippen molar-refractivity contribution in [1.82, 2.24) is 4.90 Å². The predicted molar refractivity (Wildman–Crippen MR) is 93.9 cm³/mol. The number of amides is 1. The summed E-state index contributed by atoms with van der Waals surface area (Å²) in [7, 11) is 0. The van der Waals surface area contributed by atoms with E-state index in [1.54, 1.807) is 4.90 Å². The van der Waals surface area contributed by atoms with Crippen molar-refractivity contribution < 1.29 is 14.4 Å². The molecule has 2 heterocycles. The molecule has 25 heavy (non-hydrogen) atoms. The lowest BCUT2D eigenvalue weighted by molar-refractivity contribution is -0.0324. The summed E-state index contributed by atoms with van der Waals surface area (Å²) in [6, 6.07) is 8.06. The Balaban J connectivity index is 1.40. The summed E-state index contributed by atoms with van der Waals surface area (Å²) in [6.45, 7) is 2.67. The Kier molecular flexibility index (Phi) is 4.35. The fourth-order valence-corrected chi connectivity index (χ4v) is 3.73. The molecule has 2 unspecified atom stereocenters. The molecule has 4 rings (SSSR count). The van der Waals surface area contributed by atoms with Crippen LogP contribution in [-0.4, -0.2) is 35.6 Å². The lowest BCUT2D eigenvalue weighted by Gasteiger charge is -2.23. The molecule has 1 amide bonds. The Morgan fingerprint density at radius 2 is 2.12 bits per heavy atom. The van der Waals surface area contributed by atoms with Gasteiger partial charge >= 0.3 is 6.09 Å². The zero-order valence-electron chi connectivity index (χ0n) is 14.4. The molecule has 2 fully saturated rings. The van der Waals surface area contributed by atoms with Gasteiger partial charge in [-0.2, -0.15) is 0 Å². The van der Waals surface area contributed by atoms with Crippen LogP contribution >= 0.6 is 0 Å². The van der Waals surface area contributed by atoms with E-state index in [1.807, 2.05) is 31.2 Å². The molecule has 1 saturated carbocycles. The molecule has 130 valence electrons.